The van der Waals surface area contributed by atoms with Gasteiger partial charge >= 0.3 is 0 Å². The minimum atomic E-state index is 0.127. The molecule has 0 saturated carbocycles. The Balaban J connectivity index is 2.85. The van der Waals surface area contributed by atoms with Crippen LogP contribution in [0.1, 0.15) is 51.7 Å². The van der Waals surface area contributed by atoms with Crippen molar-refractivity contribution in [1.29, 1.82) is 0 Å². The Bertz CT molecular complexity index is 536. The fourth-order valence-electron chi connectivity index (χ4n) is 2.41. The highest BCUT2D eigenvalue weighted by Crippen LogP contribution is 2.35. The standard InChI is InChI=1S/C15H20N2/c1-10(2)12-7-6-11-8-16-17-9-13(11)14(12)15(3,4)5/h6-10H,1-5H3. The number of rotatable bonds is 1. The monoisotopic (exact) mass is 228 g/mol. The van der Waals surface area contributed by atoms with Crippen LogP contribution in [0.25, 0.3) is 10.8 Å². The van der Waals surface area contributed by atoms with E-state index in [1.54, 1.807) is 0 Å². The third-order valence-electron chi connectivity index (χ3n) is 3.13. The second-order valence-corrected chi connectivity index (χ2v) is 5.93. The molecule has 2 heteroatoms. The zero-order chi connectivity index (χ0) is 12.6. The van der Waals surface area contributed by atoms with Crippen molar-refractivity contribution in [2.24, 2.45) is 0 Å². The molecule has 0 fully saturated rings. The molecule has 0 aliphatic carbocycles. The molecule has 2 aromatic rings. The number of fused-ring (bicyclic) bond motifs is 1. The molecular weight excluding hydrogens is 208 g/mol. The van der Waals surface area contributed by atoms with Crippen LogP contribution in [0.15, 0.2) is 24.5 Å². The SMILES string of the molecule is CC(C)c1ccc2cnncc2c1C(C)(C)C. The van der Waals surface area contributed by atoms with E-state index in [4.69, 9.17) is 0 Å². The number of aromatic nitrogens is 2. The summed E-state index contributed by atoms with van der Waals surface area (Å²) in [5.41, 5.74) is 2.94. The minimum Gasteiger partial charge on any atom is -0.158 e. The Labute approximate surface area is 103 Å². The van der Waals surface area contributed by atoms with Crippen LogP contribution in [-0.4, -0.2) is 10.2 Å². The summed E-state index contributed by atoms with van der Waals surface area (Å²) >= 11 is 0. The molecule has 1 aromatic carbocycles. The summed E-state index contributed by atoms with van der Waals surface area (Å²) in [4.78, 5) is 0. The first-order valence-corrected chi connectivity index (χ1v) is 6.15. The second kappa shape index (κ2) is 4.10. The topological polar surface area (TPSA) is 25.8 Å². The molecule has 0 radical (unpaired) electrons. The molecule has 1 heterocycles. The molecule has 0 saturated heterocycles. The van der Waals surface area contributed by atoms with Gasteiger partial charge in [0.05, 0.1) is 12.4 Å². The number of nitrogens with zero attached hydrogens (tertiary/aromatic N) is 2. The Kier molecular flexibility index (Phi) is 2.90. The normalized spacial score (nSPS) is 12.4. The molecule has 0 amide bonds. The van der Waals surface area contributed by atoms with Gasteiger partial charge in [-0.2, -0.15) is 10.2 Å². The van der Waals surface area contributed by atoms with E-state index < -0.39 is 0 Å². The van der Waals surface area contributed by atoms with E-state index in [1.807, 2.05) is 12.4 Å². The fraction of sp³-hybridized carbons (Fsp3) is 0.467. The maximum Gasteiger partial charge on any atom is 0.0577 e. The molecule has 0 spiro atoms. The molecule has 0 aliphatic rings. The van der Waals surface area contributed by atoms with E-state index in [9.17, 15) is 0 Å². The quantitative estimate of drug-likeness (QED) is 0.736. The summed E-state index contributed by atoms with van der Waals surface area (Å²) < 4.78 is 0. The average molecular weight is 228 g/mol. The van der Waals surface area contributed by atoms with Gasteiger partial charge in [0.2, 0.25) is 0 Å². The molecule has 2 nitrogen and oxygen atoms in total. The van der Waals surface area contributed by atoms with Crippen LogP contribution in [0.5, 0.6) is 0 Å². The molecule has 0 atom stereocenters. The van der Waals surface area contributed by atoms with Crippen LogP contribution < -0.4 is 0 Å². The van der Waals surface area contributed by atoms with Crippen molar-refractivity contribution < 1.29 is 0 Å². The van der Waals surface area contributed by atoms with Crippen molar-refractivity contribution in [3.8, 4) is 0 Å². The highest BCUT2D eigenvalue weighted by Gasteiger charge is 2.22. The lowest BCUT2D eigenvalue weighted by molar-refractivity contribution is 0.583. The zero-order valence-electron chi connectivity index (χ0n) is 11.3. The van der Waals surface area contributed by atoms with E-state index in [0.29, 0.717) is 5.92 Å². The first-order chi connectivity index (χ1) is 7.91. The molecule has 2 rings (SSSR count). The van der Waals surface area contributed by atoms with Gasteiger partial charge in [0, 0.05) is 10.8 Å². The Morgan fingerprint density at radius 3 is 2.24 bits per heavy atom. The third kappa shape index (κ3) is 2.17. The molecule has 1 aromatic heterocycles. The van der Waals surface area contributed by atoms with Crippen LogP contribution in [0, 0.1) is 0 Å². The smallest absolute Gasteiger partial charge is 0.0577 e. The van der Waals surface area contributed by atoms with Crippen LogP contribution in [-0.2, 0) is 5.41 Å². The Morgan fingerprint density at radius 1 is 1.00 bits per heavy atom. The van der Waals surface area contributed by atoms with Gasteiger partial charge in [0.1, 0.15) is 0 Å². The van der Waals surface area contributed by atoms with Crippen molar-refractivity contribution in [2.45, 2.75) is 46.0 Å². The van der Waals surface area contributed by atoms with Gasteiger partial charge in [0.15, 0.2) is 0 Å². The van der Waals surface area contributed by atoms with Gasteiger partial charge in [-0.25, -0.2) is 0 Å². The average Bonchev–Trinajstić information content (AvgIpc) is 2.26. The van der Waals surface area contributed by atoms with Crippen molar-refractivity contribution >= 4 is 10.8 Å². The van der Waals surface area contributed by atoms with Crippen LogP contribution >= 0.6 is 0 Å². The molecular formula is C15H20N2. The lowest BCUT2D eigenvalue weighted by atomic mass is 9.78. The highest BCUT2D eigenvalue weighted by molar-refractivity contribution is 5.86. The van der Waals surface area contributed by atoms with E-state index in [0.717, 1.165) is 0 Å². The predicted octanol–water partition coefficient (Wildman–Crippen LogP) is 4.05. The summed E-state index contributed by atoms with van der Waals surface area (Å²) in [6.07, 6.45) is 3.73. The number of hydrogen-bond donors (Lipinski definition) is 0. The molecule has 0 aliphatic heterocycles. The van der Waals surface area contributed by atoms with Gasteiger partial charge < -0.3 is 0 Å². The van der Waals surface area contributed by atoms with Crippen molar-refractivity contribution in [3.63, 3.8) is 0 Å². The first kappa shape index (κ1) is 12.0. The van der Waals surface area contributed by atoms with Gasteiger partial charge in [-0.1, -0.05) is 46.8 Å². The summed E-state index contributed by atoms with van der Waals surface area (Å²) in [7, 11) is 0. The maximum absolute atomic E-state index is 4.04. The lowest BCUT2D eigenvalue weighted by Crippen LogP contribution is -2.16. The summed E-state index contributed by atoms with van der Waals surface area (Å²) in [5.74, 6) is 0.529. The van der Waals surface area contributed by atoms with Gasteiger partial charge in [-0.05, 0) is 22.5 Å². The molecule has 90 valence electrons. The van der Waals surface area contributed by atoms with Crippen LogP contribution in [0.2, 0.25) is 0 Å². The van der Waals surface area contributed by atoms with Gasteiger partial charge in [0.25, 0.3) is 0 Å². The second-order valence-electron chi connectivity index (χ2n) is 5.93. The van der Waals surface area contributed by atoms with E-state index in [1.165, 1.54) is 21.9 Å². The Morgan fingerprint density at radius 2 is 1.65 bits per heavy atom. The lowest BCUT2D eigenvalue weighted by Gasteiger charge is -2.26. The third-order valence-corrected chi connectivity index (χ3v) is 3.13. The molecule has 0 N–H and O–H groups in total. The summed E-state index contributed by atoms with van der Waals surface area (Å²) in [6.45, 7) is 11.3. The largest absolute Gasteiger partial charge is 0.158 e. The van der Waals surface area contributed by atoms with Gasteiger partial charge in [-0.3, -0.25) is 0 Å². The van der Waals surface area contributed by atoms with Gasteiger partial charge in [-0.15, -0.1) is 0 Å². The minimum absolute atomic E-state index is 0.127. The molecule has 17 heavy (non-hydrogen) atoms. The molecule has 0 bridgehead atoms. The number of benzene rings is 1. The van der Waals surface area contributed by atoms with Crippen molar-refractivity contribution in [3.05, 3.63) is 35.7 Å². The highest BCUT2D eigenvalue weighted by atomic mass is 15.1. The van der Waals surface area contributed by atoms with E-state index in [2.05, 4.69) is 56.9 Å². The van der Waals surface area contributed by atoms with E-state index in [-0.39, 0.29) is 5.41 Å². The Hall–Kier alpha value is -1.44. The maximum atomic E-state index is 4.04. The summed E-state index contributed by atoms with van der Waals surface area (Å²) in [6, 6.07) is 4.38. The predicted molar refractivity (Wildman–Crippen MR) is 72.3 cm³/mol. The zero-order valence-corrected chi connectivity index (χ0v) is 11.3. The first-order valence-electron chi connectivity index (χ1n) is 6.15. The fourth-order valence-corrected chi connectivity index (χ4v) is 2.41. The van der Waals surface area contributed by atoms with Crippen molar-refractivity contribution in [2.75, 3.05) is 0 Å². The number of hydrogen-bond acceptors (Lipinski definition) is 2. The van der Waals surface area contributed by atoms with Crippen molar-refractivity contribution in [1.82, 2.24) is 10.2 Å². The van der Waals surface area contributed by atoms with E-state index >= 15 is 0 Å². The molecule has 0 unspecified atom stereocenters. The van der Waals surface area contributed by atoms with Crippen LogP contribution in [0.3, 0.4) is 0 Å². The van der Waals surface area contributed by atoms with Crippen LogP contribution in [0.4, 0.5) is 0 Å². The summed E-state index contributed by atoms with van der Waals surface area (Å²) in [5, 5.41) is 10.4.